The summed E-state index contributed by atoms with van der Waals surface area (Å²) in [4.78, 5) is 13.4. The molecule has 0 aliphatic carbocycles. The van der Waals surface area contributed by atoms with E-state index >= 15 is 0 Å². The summed E-state index contributed by atoms with van der Waals surface area (Å²) in [6.45, 7) is 4.25. The molecule has 0 aromatic heterocycles. The first kappa shape index (κ1) is 15.9. The van der Waals surface area contributed by atoms with Crippen LogP contribution in [0.25, 0.3) is 0 Å². The molecule has 0 radical (unpaired) electrons. The molecular formula is C14H21N3O3S. The van der Waals surface area contributed by atoms with Crippen molar-refractivity contribution >= 4 is 21.6 Å². The third kappa shape index (κ3) is 3.25. The van der Waals surface area contributed by atoms with Crippen LogP contribution < -0.4 is 15.4 Å². The van der Waals surface area contributed by atoms with Gasteiger partial charge in [-0.25, -0.2) is 13.1 Å². The predicted octanol–water partition coefficient (Wildman–Crippen LogP) is 0.611. The van der Waals surface area contributed by atoms with Crippen LogP contribution in [0.4, 0.5) is 5.69 Å². The van der Waals surface area contributed by atoms with Crippen molar-refractivity contribution in [1.29, 1.82) is 0 Å². The maximum atomic E-state index is 12.3. The summed E-state index contributed by atoms with van der Waals surface area (Å²) in [6, 6.07) is 4.61. The topological polar surface area (TPSA) is 92.5 Å². The SMILES string of the molecule is CCC(CN)NS(=O)(=O)c1ccc2c(c1)CCN2C(C)=O. The lowest BCUT2D eigenvalue weighted by Gasteiger charge is -2.17. The molecule has 21 heavy (non-hydrogen) atoms. The van der Waals surface area contributed by atoms with Crippen LogP contribution in [0.3, 0.4) is 0 Å². The van der Waals surface area contributed by atoms with Crippen molar-refractivity contribution in [2.24, 2.45) is 5.73 Å². The third-order valence-electron chi connectivity index (χ3n) is 3.74. The first-order valence-electron chi connectivity index (χ1n) is 7.02. The molecule has 7 heteroatoms. The zero-order valence-corrected chi connectivity index (χ0v) is 13.1. The summed E-state index contributed by atoms with van der Waals surface area (Å²) >= 11 is 0. The molecule has 1 heterocycles. The molecule has 0 bridgehead atoms. The Kier molecular flexibility index (Phi) is 4.65. The van der Waals surface area contributed by atoms with Crippen LogP contribution in [0.15, 0.2) is 23.1 Å². The van der Waals surface area contributed by atoms with E-state index in [1.54, 1.807) is 17.0 Å². The van der Waals surface area contributed by atoms with Gasteiger partial charge >= 0.3 is 0 Å². The molecule has 1 unspecified atom stereocenters. The highest BCUT2D eigenvalue weighted by molar-refractivity contribution is 7.89. The van der Waals surface area contributed by atoms with E-state index in [1.165, 1.54) is 13.0 Å². The monoisotopic (exact) mass is 311 g/mol. The van der Waals surface area contributed by atoms with Gasteiger partial charge in [-0.1, -0.05) is 6.92 Å². The van der Waals surface area contributed by atoms with Gasteiger partial charge in [-0.2, -0.15) is 0 Å². The first-order valence-corrected chi connectivity index (χ1v) is 8.50. The Balaban J connectivity index is 2.29. The smallest absolute Gasteiger partial charge is 0.240 e. The van der Waals surface area contributed by atoms with E-state index in [0.717, 1.165) is 11.3 Å². The highest BCUT2D eigenvalue weighted by atomic mass is 32.2. The van der Waals surface area contributed by atoms with Crippen LogP contribution in [0.2, 0.25) is 0 Å². The van der Waals surface area contributed by atoms with Crippen LogP contribution in [0, 0.1) is 0 Å². The number of anilines is 1. The fourth-order valence-corrected chi connectivity index (χ4v) is 3.84. The second-order valence-electron chi connectivity index (χ2n) is 5.17. The number of nitrogens with one attached hydrogen (secondary N) is 1. The molecule has 116 valence electrons. The van der Waals surface area contributed by atoms with Gasteiger partial charge in [-0.3, -0.25) is 4.79 Å². The molecule has 1 aliphatic heterocycles. The second kappa shape index (κ2) is 6.13. The van der Waals surface area contributed by atoms with Crippen LogP contribution in [0.5, 0.6) is 0 Å². The minimum atomic E-state index is -3.58. The lowest BCUT2D eigenvalue weighted by atomic mass is 10.2. The molecule has 1 amide bonds. The van der Waals surface area contributed by atoms with Crippen molar-refractivity contribution in [3.8, 4) is 0 Å². The molecular weight excluding hydrogens is 290 g/mol. The van der Waals surface area contributed by atoms with E-state index in [4.69, 9.17) is 5.73 Å². The van der Waals surface area contributed by atoms with Crippen molar-refractivity contribution in [1.82, 2.24) is 4.72 Å². The molecule has 0 saturated heterocycles. The lowest BCUT2D eigenvalue weighted by molar-refractivity contribution is -0.116. The summed E-state index contributed by atoms with van der Waals surface area (Å²) in [5, 5.41) is 0. The van der Waals surface area contributed by atoms with Crippen molar-refractivity contribution in [2.75, 3.05) is 18.0 Å². The molecule has 2 rings (SSSR count). The fourth-order valence-electron chi connectivity index (χ4n) is 2.46. The Labute approximate surface area is 125 Å². The molecule has 1 aliphatic rings. The standard InChI is InChI=1S/C14H21N3O3S/c1-3-12(9-15)16-21(19,20)13-4-5-14-11(8-13)6-7-17(14)10(2)18/h4-5,8,12,16H,3,6-7,9,15H2,1-2H3. The Bertz CT molecular complexity index is 639. The maximum absolute atomic E-state index is 12.3. The van der Waals surface area contributed by atoms with E-state index in [-0.39, 0.29) is 23.4 Å². The number of rotatable bonds is 5. The minimum Gasteiger partial charge on any atom is -0.329 e. The van der Waals surface area contributed by atoms with Crippen molar-refractivity contribution in [3.63, 3.8) is 0 Å². The van der Waals surface area contributed by atoms with Crippen LogP contribution in [0.1, 0.15) is 25.8 Å². The third-order valence-corrected chi connectivity index (χ3v) is 5.25. The number of amides is 1. The number of hydrogen-bond donors (Lipinski definition) is 2. The van der Waals surface area contributed by atoms with Gasteiger partial charge in [0.15, 0.2) is 0 Å². The lowest BCUT2D eigenvalue weighted by Crippen LogP contribution is -2.39. The Hall–Kier alpha value is -1.44. The number of carbonyl (C=O) groups excluding carboxylic acids is 1. The highest BCUT2D eigenvalue weighted by Crippen LogP contribution is 2.30. The van der Waals surface area contributed by atoms with Crippen molar-refractivity contribution in [3.05, 3.63) is 23.8 Å². The largest absolute Gasteiger partial charge is 0.329 e. The van der Waals surface area contributed by atoms with Crippen molar-refractivity contribution < 1.29 is 13.2 Å². The van der Waals surface area contributed by atoms with Crippen LogP contribution >= 0.6 is 0 Å². The first-order chi connectivity index (χ1) is 9.89. The van der Waals surface area contributed by atoms with E-state index in [0.29, 0.717) is 19.4 Å². The summed E-state index contributed by atoms with van der Waals surface area (Å²) in [7, 11) is -3.58. The zero-order chi connectivity index (χ0) is 15.6. The number of nitrogens with zero attached hydrogens (tertiary/aromatic N) is 1. The molecule has 1 aromatic carbocycles. The minimum absolute atomic E-state index is 0.0309. The van der Waals surface area contributed by atoms with Crippen molar-refractivity contribution in [2.45, 2.75) is 37.6 Å². The van der Waals surface area contributed by atoms with E-state index < -0.39 is 10.0 Å². The maximum Gasteiger partial charge on any atom is 0.240 e. The molecule has 0 saturated carbocycles. The van der Waals surface area contributed by atoms with E-state index in [9.17, 15) is 13.2 Å². The summed E-state index contributed by atoms with van der Waals surface area (Å²) in [5.41, 5.74) is 7.22. The van der Waals surface area contributed by atoms with Gasteiger partial charge in [0.2, 0.25) is 15.9 Å². The van der Waals surface area contributed by atoms with Gasteiger partial charge in [0, 0.05) is 31.7 Å². The quantitative estimate of drug-likeness (QED) is 0.833. The predicted molar refractivity (Wildman–Crippen MR) is 81.6 cm³/mol. The van der Waals surface area contributed by atoms with Gasteiger partial charge in [0.1, 0.15) is 0 Å². The van der Waals surface area contributed by atoms with Gasteiger partial charge in [-0.15, -0.1) is 0 Å². The molecule has 3 N–H and O–H groups in total. The number of fused-ring (bicyclic) bond motifs is 1. The summed E-state index contributed by atoms with van der Waals surface area (Å²) < 4.78 is 27.3. The summed E-state index contributed by atoms with van der Waals surface area (Å²) in [5.74, 6) is -0.0309. The Morgan fingerprint density at radius 3 is 2.76 bits per heavy atom. The molecule has 6 nitrogen and oxygen atoms in total. The van der Waals surface area contributed by atoms with Crippen LogP contribution in [-0.4, -0.2) is 33.5 Å². The number of carbonyl (C=O) groups is 1. The van der Waals surface area contributed by atoms with Crippen LogP contribution in [-0.2, 0) is 21.2 Å². The molecule has 1 aromatic rings. The second-order valence-corrected chi connectivity index (χ2v) is 6.89. The molecule has 0 fully saturated rings. The Morgan fingerprint density at radius 2 is 2.19 bits per heavy atom. The average molecular weight is 311 g/mol. The van der Waals surface area contributed by atoms with Gasteiger partial charge in [0.05, 0.1) is 4.90 Å². The number of hydrogen-bond acceptors (Lipinski definition) is 4. The number of benzene rings is 1. The van der Waals surface area contributed by atoms with E-state index in [1.807, 2.05) is 6.92 Å². The highest BCUT2D eigenvalue weighted by Gasteiger charge is 2.25. The molecule has 1 atom stereocenters. The van der Waals surface area contributed by atoms with Gasteiger partial charge < -0.3 is 10.6 Å². The normalized spacial score (nSPS) is 15.9. The fraction of sp³-hybridized carbons (Fsp3) is 0.500. The summed E-state index contributed by atoms with van der Waals surface area (Å²) in [6.07, 6.45) is 1.31. The van der Waals surface area contributed by atoms with E-state index in [2.05, 4.69) is 4.72 Å². The number of nitrogens with two attached hydrogens (primary N) is 1. The van der Waals surface area contributed by atoms with Gasteiger partial charge in [-0.05, 0) is 36.6 Å². The Morgan fingerprint density at radius 1 is 1.48 bits per heavy atom. The number of sulfonamides is 1. The van der Waals surface area contributed by atoms with Gasteiger partial charge in [0.25, 0.3) is 0 Å². The zero-order valence-electron chi connectivity index (χ0n) is 12.3. The average Bonchev–Trinajstić information content (AvgIpc) is 2.87. The molecule has 0 spiro atoms.